The molecule has 0 amide bonds. The molecule has 1 unspecified atom stereocenters. The molecule has 0 saturated carbocycles. The average Bonchev–Trinajstić information content (AvgIpc) is 2.35. The number of hydrogen-bond acceptors (Lipinski definition) is 1. The molecule has 0 saturated heterocycles. The Morgan fingerprint density at radius 2 is 1.80 bits per heavy atom. The van der Waals surface area contributed by atoms with Crippen LogP contribution in [0, 0.1) is 0 Å². The van der Waals surface area contributed by atoms with Gasteiger partial charge in [-0.3, -0.25) is 4.79 Å². The Morgan fingerprint density at radius 3 is 2.20 bits per heavy atom. The van der Waals surface area contributed by atoms with E-state index in [-0.39, 0.29) is 18.2 Å². The van der Waals surface area contributed by atoms with Crippen molar-refractivity contribution in [2.24, 2.45) is 0 Å². The van der Waals surface area contributed by atoms with Crippen molar-refractivity contribution in [1.82, 2.24) is 0 Å². The van der Waals surface area contributed by atoms with Gasteiger partial charge < -0.3 is 16.9 Å². The molecular weight excluding hydrogens is 293 g/mol. The van der Waals surface area contributed by atoms with Crippen LogP contribution in [0.3, 0.4) is 0 Å². The van der Waals surface area contributed by atoms with Crippen LogP contribution in [-0.2, 0) is 5.00 Å². The lowest BCUT2D eigenvalue weighted by Crippen LogP contribution is -3.00. The SMILES string of the molecule is C=C(C)C(=O)c1ccccc1C(Cl)(CC)[N+](C)(C)C.[Cl-]. The number of carbonyl (C=O) groups excluding carboxylic acids is 1. The van der Waals surface area contributed by atoms with Crippen LogP contribution >= 0.6 is 11.6 Å². The van der Waals surface area contributed by atoms with E-state index in [1.807, 2.05) is 52.3 Å². The summed E-state index contributed by atoms with van der Waals surface area (Å²) in [5.74, 6) is -0.0393. The van der Waals surface area contributed by atoms with Crippen LogP contribution in [0.5, 0.6) is 0 Å². The van der Waals surface area contributed by atoms with E-state index < -0.39 is 5.00 Å². The fourth-order valence-electron chi connectivity index (χ4n) is 2.27. The van der Waals surface area contributed by atoms with Gasteiger partial charge in [-0.1, -0.05) is 37.8 Å². The number of benzene rings is 1. The molecule has 0 aromatic heterocycles. The summed E-state index contributed by atoms with van der Waals surface area (Å²) in [4.78, 5) is 11.7. The maximum atomic E-state index is 12.3. The molecule has 1 atom stereocenters. The second-order valence-corrected chi connectivity index (χ2v) is 6.41. The molecule has 112 valence electrons. The Morgan fingerprint density at radius 1 is 1.30 bits per heavy atom. The molecular formula is C16H23Cl2NO. The van der Waals surface area contributed by atoms with Crippen molar-refractivity contribution < 1.29 is 21.7 Å². The highest BCUT2D eigenvalue weighted by Crippen LogP contribution is 2.40. The standard InChI is InChI=1S/C16H23ClNO.ClH/c1-7-16(17,18(4,5)6)14-11-9-8-10-13(14)15(19)12(2)3;/h8-11H,2,7H2,1,3-6H3;1H/q+1;/p-1. The number of quaternary nitrogens is 1. The molecule has 0 aliphatic rings. The molecule has 1 aromatic carbocycles. The third kappa shape index (κ3) is 3.43. The summed E-state index contributed by atoms with van der Waals surface area (Å²) in [5.41, 5.74) is 2.06. The first-order valence-electron chi connectivity index (χ1n) is 6.45. The fourth-order valence-corrected chi connectivity index (χ4v) is 2.44. The zero-order chi connectivity index (χ0) is 14.8. The molecule has 0 radical (unpaired) electrons. The number of nitrogens with zero attached hydrogens (tertiary/aromatic N) is 1. The average molecular weight is 316 g/mol. The monoisotopic (exact) mass is 315 g/mol. The molecule has 20 heavy (non-hydrogen) atoms. The van der Waals surface area contributed by atoms with Crippen LogP contribution in [0.15, 0.2) is 36.4 Å². The summed E-state index contributed by atoms with van der Waals surface area (Å²) in [6, 6.07) is 7.56. The highest BCUT2D eigenvalue weighted by molar-refractivity contribution is 6.24. The quantitative estimate of drug-likeness (QED) is 0.260. The number of alkyl halides is 1. The Hall–Kier alpha value is -0.830. The highest BCUT2D eigenvalue weighted by Gasteiger charge is 2.43. The van der Waals surface area contributed by atoms with Crippen molar-refractivity contribution in [3.8, 4) is 0 Å². The first-order valence-corrected chi connectivity index (χ1v) is 6.83. The lowest BCUT2D eigenvalue weighted by molar-refractivity contribution is -0.916. The third-order valence-corrected chi connectivity index (χ3v) is 4.48. The van der Waals surface area contributed by atoms with Crippen LogP contribution in [0.4, 0.5) is 0 Å². The van der Waals surface area contributed by atoms with Crippen LogP contribution < -0.4 is 12.4 Å². The van der Waals surface area contributed by atoms with E-state index >= 15 is 0 Å². The smallest absolute Gasteiger partial charge is 0.200 e. The fraction of sp³-hybridized carbons (Fsp3) is 0.438. The summed E-state index contributed by atoms with van der Waals surface area (Å²) in [6.45, 7) is 7.51. The zero-order valence-electron chi connectivity index (χ0n) is 12.8. The number of hydrogen-bond donors (Lipinski definition) is 0. The normalized spacial score (nSPS) is 14.1. The molecule has 0 fully saturated rings. The van der Waals surface area contributed by atoms with E-state index in [4.69, 9.17) is 11.6 Å². The Bertz CT molecular complexity index is 505. The van der Waals surface area contributed by atoms with Crippen LogP contribution in [0.2, 0.25) is 0 Å². The van der Waals surface area contributed by atoms with Crippen molar-refractivity contribution >= 4 is 17.4 Å². The van der Waals surface area contributed by atoms with Crippen molar-refractivity contribution in [3.05, 3.63) is 47.5 Å². The summed E-state index contributed by atoms with van der Waals surface area (Å²) in [5, 5.41) is 0. The van der Waals surface area contributed by atoms with Gasteiger partial charge in [0.2, 0.25) is 0 Å². The minimum Gasteiger partial charge on any atom is -1.00 e. The minimum absolute atomic E-state index is 0. The predicted octanol–water partition coefficient (Wildman–Crippen LogP) is 0.957. The number of ketones is 1. The first-order chi connectivity index (χ1) is 8.65. The van der Waals surface area contributed by atoms with Gasteiger partial charge in [0.05, 0.1) is 21.1 Å². The molecule has 1 aromatic rings. The molecule has 0 N–H and O–H groups in total. The summed E-state index contributed by atoms with van der Waals surface area (Å²) < 4.78 is 0.547. The van der Waals surface area contributed by atoms with E-state index in [9.17, 15) is 4.79 Å². The Balaban J connectivity index is 0.00000361. The molecule has 0 aliphatic carbocycles. The lowest BCUT2D eigenvalue weighted by Gasteiger charge is -2.42. The van der Waals surface area contributed by atoms with Crippen molar-refractivity contribution in [1.29, 1.82) is 0 Å². The minimum atomic E-state index is -0.623. The molecule has 0 aliphatic heterocycles. The summed E-state index contributed by atoms with van der Waals surface area (Å²) in [6.07, 6.45) is 0.735. The maximum Gasteiger partial charge on any atom is 0.200 e. The maximum absolute atomic E-state index is 12.3. The van der Waals surface area contributed by atoms with Gasteiger partial charge in [-0.25, -0.2) is 0 Å². The second kappa shape index (κ2) is 6.75. The molecule has 4 heteroatoms. The van der Waals surface area contributed by atoms with Gasteiger partial charge in [-0.15, -0.1) is 0 Å². The van der Waals surface area contributed by atoms with Crippen LogP contribution in [0.1, 0.15) is 36.2 Å². The van der Waals surface area contributed by atoms with Gasteiger partial charge >= 0.3 is 0 Å². The van der Waals surface area contributed by atoms with Gasteiger partial charge in [0.1, 0.15) is 0 Å². The predicted molar refractivity (Wildman–Crippen MR) is 81.4 cm³/mol. The Kier molecular flexibility index (Phi) is 6.47. The van der Waals surface area contributed by atoms with Crippen LogP contribution in [-0.4, -0.2) is 31.4 Å². The van der Waals surface area contributed by atoms with E-state index in [2.05, 4.69) is 6.58 Å². The van der Waals surface area contributed by atoms with Crippen molar-refractivity contribution in [3.63, 3.8) is 0 Å². The zero-order valence-corrected chi connectivity index (χ0v) is 14.3. The van der Waals surface area contributed by atoms with Gasteiger partial charge in [0.25, 0.3) is 0 Å². The number of halogens is 2. The largest absolute Gasteiger partial charge is 1.00 e. The topological polar surface area (TPSA) is 17.1 Å². The van der Waals surface area contributed by atoms with E-state index in [0.29, 0.717) is 15.6 Å². The molecule has 1 rings (SSSR count). The number of allylic oxidation sites excluding steroid dienone is 1. The number of carbonyl (C=O) groups is 1. The van der Waals surface area contributed by atoms with E-state index in [0.717, 1.165) is 12.0 Å². The van der Waals surface area contributed by atoms with Gasteiger partial charge in [0, 0.05) is 17.5 Å². The molecule has 0 heterocycles. The second-order valence-electron chi connectivity index (χ2n) is 5.78. The first kappa shape index (κ1) is 19.2. The summed E-state index contributed by atoms with van der Waals surface area (Å²) in [7, 11) is 6.12. The third-order valence-electron chi connectivity index (χ3n) is 3.50. The Labute approximate surface area is 133 Å². The van der Waals surface area contributed by atoms with Crippen LogP contribution in [0.25, 0.3) is 0 Å². The molecule has 0 spiro atoms. The van der Waals surface area contributed by atoms with E-state index in [1.165, 1.54) is 0 Å². The van der Waals surface area contributed by atoms with Gasteiger partial charge in [-0.05, 0) is 24.1 Å². The number of rotatable bonds is 5. The molecule has 2 nitrogen and oxygen atoms in total. The van der Waals surface area contributed by atoms with Gasteiger partial charge in [-0.2, -0.15) is 0 Å². The van der Waals surface area contributed by atoms with Crippen molar-refractivity contribution in [2.75, 3.05) is 21.1 Å². The van der Waals surface area contributed by atoms with Crippen molar-refractivity contribution in [2.45, 2.75) is 25.3 Å². The number of Topliss-reactive ketones (excluding diaryl/α,β-unsaturated/α-hetero) is 1. The highest BCUT2D eigenvalue weighted by atomic mass is 35.5. The summed E-state index contributed by atoms with van der Waals surface area (Å²) >= 11 is 6.87. The lowest BCUT2D eigenvalue weighted by atomic mass is 9.91. The van der Waals surface area contributed by atoms with Gasteiger partial charge in [0.15, 0.2) is 10.8 Å². The molecule has 0 bridgehead atoms. The van der Waals surface area contributed by atoms with E-state index in [1.54, 1.807) is 6.92 Å².